The number of aryl methyl sites for hydroxylation is 1. The lowest BCUT2D eigenvalue weighted by Gasteiger charge is -2.11. The summed E-state index contributed by atoms with van der Waals surface area (Å²) in [5.74, 6) is 1.40. The van der Waals surface area contributed by atoms with Gasteiger partial charge in [-0.3, -0.25) is 4.79 Å². The van der Waals surface area contributed by atoms with Gasteiger partial charge in [-0.2, -0.15) is 0 Å². The summed E-state index contributed by atoms with van der Waals surface area (Å²) in [5, 5.41) is 3.02. The Hall–Kier alpha value is -1.35. The second kappa shape index (κ2) is 4.97. The number of nitrogens with one attached hydrogen (secondary N) is 1. The average molecular weight is 258 g/mol. The van der Waals surface area contributed by atoms with Gasteiger partial charge in [-0.05, 0) is 49.1 Å². The Morgan fingerprint density at radius 3 is 2.84 bits per heavy atom. The van der Waals surface area contributed by atoms with Crippen LogP contribution in [0.15, 0.2) is 24.3 Å². The molecular weight excluding hydrogens is 236 g/mol. The molecule has 3 heteroatoms. The monoisotopic (exact) mass is 258 g/mol. The topological polar surface area (TPSA) is 55.1 Å². The van der Waals surface area contributed by atoms with Gasteiger partial charge in [-0.25, -0.2) is 0 Å². The molecule has 0 aromatic heterocycles. The molecule has 0 saturated heterocycles. The van der Waals surface area contributed by atoms with Crippen molar-refractivity contribution in [2.24, 2.45) is 17.6 Å². The van der Waals surface area contributed by atoms with Crippen molar-refractivity contribution in [3.8, 4) is 0 Å². The second-order valence-electron chi connectivity index (χ2n) is 6.05. The number of nitrogens with two attached hydrogens (primary N) is 1. The summed E-state index contributed by atoms with van der Waals surface area (Å²) in [5.41, 5.74) is 8.62. The highest BCUT2D eigenvalue weighted by molar-refractivity contribution is 5.83. The van der Waals surface area contributed by atoms with E-state index in [9.17, 15) is 4.79 Å². The van der Waals surface area contributed by atoms with Crippen LogP contribution >= 0.6 is 0 Å². The van der Waals surface area contributed by atoms with Crippen molar-refractivity contribution >= 4 is 5.91 Å². The highest BCUT2D eigenvalue weighted by Crippen LogP contribution is 2.48. The van der Waals surface area contributed by atoms with Crippen LogP contribution in [0.5, 0.6) is 0 Å². The van der Waals surface area contributed by atoms with E-state index in [0.29, 0.717) is 18.4 Å². The fourth-order valence-electron chi connectivity index (χ4n) is 2.87. The first kappa shape index (κ1) is 12.7. The number of hydrogen-bond donors (Lipinski definition) is 2. The van der Waals surface area contributed by atoms with E-state index in [1.54, 1.807) is 0 Å². The van der Waals surface area contributed by atoms with Crippen molar-refractivity contribution in [3.05, 3.63) is 35.4 Å². The van der Waals surface area contributed by atoms with Gasteiger partial charge in [0.2, 0.25) is 5.91 Å². The van der Waals surface area contributed by atoms with Crippen LogP contribution in [0.4, 0.5) is 0 Å². The molecule has 1 aromatic rings. The van der Waals surface area contributed by atoms with Crippen LogP contribution in [-0.4, -0.2) is 18.5 Å². The van der Waals surface area contributed by atoms with E-state index >= 15 is 0 Å². The molecule has 3 atom stereocenters. The molecule has 102 valence electrons. The van der Waals surface area contributed by atoms with Crippen LogP contribution < -0.4 is 11.1 Å². The molecule has 0 spiro atoms. The van der Waals surface area contributed by atoms with E-state index < -0.39 is 0 Å². The Balaban J connectivity index is 1.51. The number of benzene rings is 1. The molecule has 0 heterocycles. The van der Waals surface area contributed by atoms with Gasteiger partial charge in [0.25, 0.3) is 0 Å². The Kier molecular flexibility index (Phi) is 3.31. The maximum Gasteiger partial charge on any atom is 0.223 e. The smallest absolute Gasteiger partial charge is 0.223 e. The van der Waals surface area contributed by atoms with Crippen LogP contribution in [0.2, 0.25) is 0 Å². The Morgan fingerprint density at radius 2 is 2.16 bits per heavy atom. The highest BCUT2D eigenvalue weighted by atomic mass is 16.2. The minimum Gasteiger partial charge on any atom is -0.354 e. The van der Waals surface area contributed by atoms with E-state index in [2.05, 4.69) is 30.4 Å². The number of carbonyl (C=O) groups excluding carboxylic acids is 1. The van der Waals surface area contributed by atoms with Gasteiger partial charge in [0.05, 0.1) is 0 Å². The van der Waals surface area contributed by atoms with E-state index in [1.165, 1.54) is 24.0 Å². The minimum atomic E-state index is 0.152. The van der Waals surface area contributed by atoms with E-state index in [1.807, 2.05) is 6.07 Å². The largest absolute Gasteiger partial charge is 0.354 e. The quantitative estimate of drug-likeness (QED) is 0.848. The first-order valence-corrected chi connectivity index (χ1v) is 7.25. The van der Waals surface area contributed by atoms with Gasteiger partial charge in [-0.1, -0.05) is 24.3 Å². The van der Waals surface area contributed by atoms with Crippen molar-refractivity contribution in [2.45, 2.75) is 38.1 Å². The van der Waals surface area contributed by atoms with Crippen LogP contribution in [0.25, 0.3) is 0 Å². The molecule has 2 aliphatic carbocycles. The van der Waals surface area contributed by atoms with Gasteiger partial charge >= 0.3 is 0 Å². The summed E-state index contributed by atoms with van der Waals surface area (Å²) >= 11 is 0. The number of hydrogen-bond acceptors (Lipinski definition) is 2. The fraction of sp³-hybridized carbons (Fsp3) is 0.562. The summed E-state index contributed by atoms with van der Waals surface area (Å²) in [6.45, 7) is 2.76. The number of amides is 1. The fourth-order valence-corrected chi connectivity index (χ4v) is 2.87. The zero-order chi connectivity index (χ0) is 13.4. The molecule has 19 heavy (non-hydrogen) atoms. The molecule has 0 radical (unpaired) electrons. The Labute approximate surface area is 114 Å². The number of rotatable bonds is 5. The lowest BCUT2D eigenvalue weighted by molar-refractivity contribution is -0.122. The average Bonchev–Trinajstić information content (AvgIpc) is 3.28. The molecule has 2 fully saturated rings. The summed E-state index contributed by atoms with van der Waals surface area (Å²) in [7, 11) is 0. The molecule has 2 saturated carbocycles. The zero-order valence-electron chi connectivity index (χ0n) is 11.4. The third-order valence-electron chi connectivity index (χ3n) is 4.45. The van der Waals surface area contributed by atoms with Gasteiger partial charge in [0.1, 0.15) is 0 Å². The maximum absolute atomic E-state index is 12.1. The zero-order valence-corrected chi connectivity index (χ0v) is 11.4. The molecule has 3 unspecified atom stereocenters. The van der Waals surface area contributed by atoms with Crippen LogP contribution in [0, 0.1) is 18.8 Å². The van der Waals surface area contributed by atoms with Crippen molar-refractivity contribution in [3.63, 3.8) is 0 Å². The predicted molar refractivity (Wildman–Crippen MR) is 75.7 cm³/mol. The molecule has 2 aliphatic rings. The normalized spacial score (nSPS) is 26.8. The van der Waals surface area contributed by atoms with Crippen molar-refractivity contribution in [1.29, 1.82) is 0 Å². The Morgan fingerprint density at radius 1 is 1.42 bits per heavy atom. The minimum absolute atomic E-state index is 0.152. The third-order valence-corrected chi connectivity index (χ3v) is 4.45. The maximum atomic E-state index is 12.1. The molecule has 3 N–H and O–H groups in total. The molecule has 3 nitrogen and oxygen atoms in total. The summed E-state index contributed by atoms with van der Waals surface area (Å²) < 4.78 is 0. The predicted octanol–water partition coefficient (Wildman–Crippen LogP) is 1.95. The van der Waals surface area contributed by atoms with Crippen LogP contribution in [-0.2, 0) is 4.79 Å². The Bertz CT molecular complexity index is 481. The van der Waals surface area contributed by atoms with Gasteiger partial charge in [0.15, 0.2) is 0 Å². The first-order valence-electron chi connectivity index (χ1n) is 7.25. The van der Waals surface area contributed by atoms with Gasteiger partial charge < -0.3 is 11.1 Å². The molecule has 1 aromatic carbocycles. The summed E-state index contributed by atoms with van der Waals surface area (Å²) in [4.78, 5) is 12.1. The lowest BCUT2D eigenvalue weighted by Crippen LogP contribution is -2.39. The summed E-state index contributed by atoms with van der Waals surface area (Å²) in [6, 6.07) is 8.51. The van der Waals surface area contributed by atoms with E-state index in [0.717, 1.165) is 6.42 Å². The first-order chi connectivity index (χ1) is 9.16. The van der Waals surface area contributed by atoms with Crippen molar-refractivity contribution in [1.82, 2.24) is 5.32 Å². The van der Waals surface area contributed by atoms with E-state index in [-0.39, 0.29) is 17.9 Å². The third kappa shape index (κ3) is 2.81. The molecular formula is C16H22N2O. The summed E-state index contributed by atoms with van der Waals surface area (Å²) in [6.07, 6.45) is 3.44. The molecule has 3 rings (SSSR count). The second-order valence-corrected chi connectivity index (χ2v) is 6.05. The number of carbonyl (C=O) groups is 1. The standard InChI is InChI=1S/C16H22N2O/c1-10-4-2-3-5-12(10)13-8-14(13)16(19)18-9-15(17)11-6-7-11/h2-5,11,13-15H,6-9,17H2,1H3,(H,18,19). The van der Waals surface area contributed by atoms with E-state index in [4.69, 9.17) is 5.73 Å². The molecule has 0 aliphatic heterocycles. The van der Waals surface area contributed by atoms with Crippen LogP contribution in [0.3, 0.4) is 0 Å². The highest BCUT2D eigenvalue weighted by Gasteiger charge is 2.44. The molecule has 1 amide bonds. The van der Waals surface area contributed by atoms with Crippen molar-refractivity contribution in [2.75, 3.05) is 6.54 Å². The lowest BCUT2D eigenvalue weighted by atomic mass is 10.0. The van der Waals surface area contributed by atoms with Crippen LogP contribution in [0.1, 0.15) is 36.3 Å². The van der Waals surface area contributed by atoms with Gasteiger partial charge in [0, 0.05) is 18.5 Å². The van der Waals surface area contributed by atoms with Gasteiger partial charge in [-0.15, -0.1) is 0 Å². The molecule has 0 bridgehead atoms. The SMILES string of the molecule is Cc1ccccc1C1CC1C(=O)NCC(N)C1CC1. The van der Waals surface area contributed by atoms with Crippen molar-refractivity contribution < 1.29 is 4.79 Å².